The van der Waals surface area contributed by atoms with Gasteiger partial charge in [-0.2, -0.15) is 0 Å². The van der Waals surface area contributed by atoms with Gasteiger partial charge in [-0.15, -0.1) is 0 Å². The third-order valence-electron chi connectivity index (χ3n) is 3.75. The number of fused-ring (bicyclic) bond motifs is 1. The summed E-state index contributed by atoms with van der Waals surface area (Å²) < 4.78 is 5.75. The molecule has 3 rings (SSSR count). The molecular formula is C17H20N2O2. The van der Waals surface area contributed by atoms with Gasteiger partial charge >= 0.3 is 0 Å². The van der Waals surface area contributed by atoms with E-state index in [4.69, 9.17) is 10.5 Å². The maximum atomic E-state index is 11.4. The molecule has 21 heavy (non-hydrogen) atoms. The van der Waals surface area contributed by atoms with Crippen molar-refractivity contribution in [2.45, 2.75) is 31.3 Å². The van der Waals surface area contributed by atoms with Crippen LogP contribution in [0.2, 0.25) is 0 Å². The van der Waals surface area contributed by atoms with E-state index in [1.165, 1.54) is 5.39 Å². The minimum absolute atomic E-state index is 0.294. The first-order chi connectivity index (χ1) is 10.2. The molecule has 1 amide bonds. The summed E-state index contributed by atoms with van der Waals surface area (Å²) >= 11 is 0. The molecule has 1 aliphatic rings. The van der Waals surface area contributed by atoms with E-state index in [9.17, 15) is 4.79 Å². The molecule has 0 aromatic heterocycles. The van der Waals surface area contributed by atoms with Crippen molar-refractivity contribution in [3.8, 4) is 5.75 Å². The van der Waals surface area contributed by atoms with Crippen molar-refractivity contribution < 1.29 is 9.53 Å². The van der Waals surface area contributed by atoms with Crippen molar-refractivity contribution in [1.29, 1.82) is 0 Å². The number of benzene rings is 2. The maximum absolute atomic E-state index is 11.4. The average molecular weight is 284 g/mol. The van der Waals surface area contributed by atoms with Gasteiger partial charge in [0, 0.05) is 12.5 Å². The number of rotatable bonds is 7. The molecule has 0 heterocycles. The Balaban J connectivity index is 1.56. The van der Waals surface area contributed by atoms with E-state index >= 15 is 0 Å². The van der Waals surface area contributed by atoms with Crippen molar-refractivity contribution >= 4 is 16.7 Å². The van der Waals surface area contributed by atoms with E-state index < -0.39 is 0 Å². The van der Waals surface area contributed by atoms with Crippen molar-refractivity contribution in [1.82, 2.24) is 5.32 Å². The molecule has 4 nitrogen and oxygen atoms in total. The number of carbonyl (C=O) groups excluding carboxylic acids is 1. The zero-order valence-corrected chi connectivity index (χ0v) is 11.9. The number of primary amides is 1. The quantitative estimate of drug-likeness (QED) is 0.819. The highest BCUT2D eigenvalue weighted by Crippen LogP contribution is 2.22. The highest BCUT2D eigenvalue weighted by atomic mass is 16.5. The number of amides is 1. The molecule has 1 aliphatic carbocycles. The Morgan fingerprint density at radius 1 is 1.24 bits per heavy atom. The Morgan fingerprint density at radius 2 is 2.00 bits per heavy atom. The molecule has 0 spiro atoms. The monoisotopic (exact) mass is 284 g/mol. The molecule has 3 N–H and O–H groups in total. The topological polar surface area (TPSA) is 64.4 Å². The van der Waals surface area contributed by atoms with Gasteiger partial charge in [0.15, 0.2) is 0 Å². The summed E-state index contributed by atoms with van der Waals surface area (Å²) in [5.74, 6) is 0.521. The SMILES string of the molecule is NC(=O)C(CCOc1ccc2ccccc2c1)NC1CC1. The van der Waals surface area contributed by atoms with Gasteiger partial charge < -0.3 is 15.8 Å². The lowest BCUT2D eigenvalue weighted by Gasteiger charge is -2.15. The lowest BCUT2D eigenvalue weighted by Crippen LogP contribution is -2.43. The molecule has 1 saturated carbocycles. The first-order valence-corrected chi connectivity index (χ1v) is 7.39. The molecule has 1 fully saturated rings. The summed E-state index contributed by atoms with van der Waals surface area (Å²) in [6, 6.07) is 14.3. The normalized spacial score (nSPS) is 15.8. The molecule has 2 aromatic rings. The van der Waals surface area contributed by atoms with Crippen LogP contribution >= 0.6 is 0 Å². The Labute approximate surface area is 124 Å². The average Bonchev–Trinajstić information content (AvgIpc) is 3.30. The number of ether oxygens (including phenoxy) is 1. The Hall–Kier alpha value is -2.07. The third kappa shape index (κ3) is 3.73. The van der Waals surface area contributed by atoms with E-state index in [0.717, 1.165) is 24.0 Å². The Kier molecular flexibility index (Phi) is 4.06. The van der Waals surface area contributed by atoms with Crippen molar-refractivity contribution in [2.24, 2.45) is 5.73 Å². The number of hydrogen-bond donors (Lipinski definition) is 2. The molecule has 4 heteroatoms. The number of nitrogens with one attached hydrogen (secondary N) is 1. The molecule has 2 aromatic carbocycles. The number of hydrogen-bond acceptors (Lipinski definition) is 3. The van der Waals surface area contributed by atoms with Gasteiger partial charge in [0.1, 0.15) is 5.75 Å². The van der Waals surface area contributed by atoms with Crippen LogP contribution in [0.25, 0.3) is 10.8 Å². The molecule has 0 aliphatic heterocycles. The van der Waals surface area contributed by atoms with Gasteiger partial charge in [-0.25, -0.2) is 0 Å². The summed E-state index contributed by atoms with van der Waals surface area (Å²) in [5.41, 5.74) is 5.41. The third-order valence-corrected chi connectivity index (χ3v) is 3.75. The fraction of sp³-hybridized carbons (Fsp3) is 0.353. The van der Waals surface area contributed by atoms with Crippen molar-refractivity contribution in [3.63, 3.8) is 0 Å². The fourth-order valence-electron chi connectivity index (χ4n) is 2.39. The second-order valence-electron chi connectivity index (χ2n) is 5.54. The van der Waals surface area contributed by atoms with Gasteiger partial charge in [0.2, 0.25) is 5.91 Å². The zero-order chi connectivity index (χ0) is 14.7. The van der Waals surface area contributed by atoms with E-state index in [1.807, 2.05) is 30.3 Å². The molecule has 0 bridgehead atoms. The first-order valence-electron chi connectivity index (χ1n) is 7.39. The van der Waals surface area contributed by atoms with E-state index in [-0.39, 0.29) is 11.9 Å². The fourth-order valence-corrected chi connectivity index (χ4v) is 2.39. The first kappa shape index (κ1) is 13.9. The van der Waals surface area contributed by atoms with Crippen LogP contribution in [-0.4, -0.2) is 24.6 Å². The van der Waals surface area contributed by atoms with Crippen LogP contribution in [0.5, 0.6) is 5.75 Å². The molecule has 110 valence electrons. The van der Waals surface area contributed by atoms with Crippen molar-refractivity contribution in [3.05, 3.63) is 42.5 Å². The summed E-state index contributed by atoms with van der Waals surface area (Å²) in [6.07, 6.45) is 2.86. The molecule has 0 saturated heterocycles. The Morgan fingerprint density at radius 3 is 2.71 bits per heavy atom. The summed E-state index contributed by atoms with van der Waals surface area (Å²) in [6.45, 7) is 0.478. The van der Waals surface area contributed by atoms with Crippen LogP contribution in [0.1, 0.15) is 19.3 Å². The van der Waals surface area contributed by atoms with Gasteiger partial charge in [0.05, 0.1) is 12.6 Å². The largest absolute Gasteiger partial charge is 0.493 e. The molecule has 1 atom stereocenters. The van der Waals surface area contributed by atoms with Crippen LogP contribution in [0.15, 0.2) is 42.5 Å². The molecule has 0 radical (unpaired) electrons. The molecular weight excluding hydrogens is 264 g/mol. The van der Waals surface area contributed by atoms with Crippen LogP contribution in [-0.2, 0) is 4.79 Å². The van der Waals surface area contributed by atoms with Crippen LogP contribution in [0.3, 0.4) is 0 Å². The van der Waals surface area contributed by atoms with Gasteiger partial charge in [-0.1, -0.05) is 30.3 Å². The minimum Gasteiger partial charge on any atom is -0.493 e. The summed E-state index contributed by atoms with van der Waals surface area (Å²) in [7, 11) is 0. The van der Waals surface area contributed by atoms with Gasteiger partial charge in [-0.3, -0.25) is 4.79 Å². The van der Waals surface area contributed by atoms with Gasteiger partial charge in [0.25, 0.3) is 0 Å². The summed E-state index contributed by atoms with van der Waals surface area (Å²) in [5, 5.41) is 5.59. The Bertz CT molecular complexity index is 637. The van der Waals surface area contributed by atoms with Gasteiger partial charge in [-0.05, 0) is 35.7 Å². The van der Waals surface area contributed by atoms with E-state index in [1.54, 1.807) is 0 Å². The van der Waals surface area contributed by atoms with Crippen molar-refractivity contribution in [2.75, 3.05) is 6.61 Å². The predicted octanol–water partition coefficient (Wildman–Crippen LogP) is 2.21. The molecule has 1 unspecified atom stereocenters. The van der Waals surface area contributed by atoms with Crippen LogP contribution in [0, 0.1) is 0 Å². The maximum Gasteiger partial charge on any atom is 0.234 e. The lowest BCUT2D eigenvalue weighted by molar-refractivity contribution is -0.120. The lowest BCUT2D eigenvalue weighted by atomic mass is 10.1. The minimum atomic E-state index is -0.302. The van der Waals surface area contributed by atoms with E-state index in [2.05, 4.69) is 17.4 Å². The smallest absolute Gasteiger partial charge is 0.234 e. The van der Waals surface area contributed by atoms with E-state index in [0.29, 0.717) is 19.1 Å². The van der Waals surface area contributed by atoms with Crippen LogP contribution < -0.4 is 15.8 Å². The second kappa shape index (κ2) is 6.14. The summed E-state index contributed by atoms with van der Waals surface area (Å²) in [4.78, 5) is 11.4. The highest BCUT2D eigenvalue weighted by molar-refractivity contribution is 5.83. The second-order valence-corrected chi connectivity index (χ2v) is 5.54. The standard InChI is InChI=1S/C17H20N2O2/c18-17(20)16(19-14-6-7-14)9-10-21-15-8-5-12-3-1-2-4-13(12)11-15/h1-5,8,11,14,16,19H,6-7,9-10H2,(H2,18,20). The zero-order valence-electron chi connectivity index (χ0n) is 11.9. The highest BCUT2D eigenvalue weighted by Gasteiger charge is 2.26. The van der Waals surface area contributed by atoms with Crippen LogP contribution in [0.4, 0.5) is 0 Å². The number of carbonyl (C=O) groups is 1. The number of nitrogens with two attached hydrogens (primary N) is 1. The predicted molar refractivity (Wildman–Crippen MR) is 83.2 cm³/mol.